The van der Waals surface area contributed by atoms with Gasteiger partial charge in [-0.3, -0.25) is 0 Å². The molecule has 73 valence electrons. The van der Waals surface area contributed by atoms with Gasteiger partial charge in [0.2, 0.25) is 0 Å². The monoisotopic (exact) mass is 423 g/mol. The summed E-state index contributed by atoms with van der Waals surface area (Å²) in [7, 11) is 1.39. The molecule has 0 radical (unpaired) electrons. The first kappa shape index (κ1) is 15.8. The van der Waals surface area contributed by atoms with E-state index in [-0.39, 0.29) is 35.5 Å². The average Bonchev–Trinajstić information content (AvgIpc) is 2.19. The molecule has 0 aliphatic carbocycles. The molecule has 1 rings (SSSR count). The summed E-state index contributed by atoms with van der Waals surface area (Å²) in [6, 6.07) is 7.10. The molecular weight excluding hydrogens is 412 g/mol. The van der Waals surface area contributed by atoms with Gasteiger partial charge in [-0.05, 0) is 0 Å². The predicted octanol–water partition coefficient (Wildman–Crippen LogP) is 1.70. The van der Waals surface area contributed by atoms with Crippen molar-refractivity contribution in [2.24, 2.45) is 0 Å². The van der Waals surface area contributed by atoms with Crippen molar-refractivity contribution < 1.29 is 38.3 Å². The van der Waals surface area contributed by atoms with Crippen LogP contribution in [0.25, 0.3) is 0 Å². The van der Waals surface area contributed by atoms with Gasteiger partial charge in [-0.25, -0.2) is 0 Å². The number of hydrogen-bond acceptors (Lipinski definition) is 4. The molecule has 0 heterocycles. The molecule has 0 saturated carbocycles. The van der Waals surface area contributed by atoms with E-state index >= 15 is 0 Å². The number of carbonyl (C=O) groups excluding carboxylic acids is 1. The van der Waals surface area contributed by atoms with Crippen LogP contribution in [-0.2, 0) is 29.3 Å². The van der Waals surface area contributed by atoms with Crippen molar-refractivity contribution in [2.45, 2.75) is 6.92 Å². The molecule has 0 atom stereocenters. The SMILES string of the molecule is CCOC(=O)c1ccccc1O[S][Hg].[NaH]. The van der Waals surface area contributed by atoms with Crippen molar-refractivity contribution in [1.29, 1.82) is 0 Å². The second kappa shape index (κ2) is 8.87. The Labute approximate surface area is 130 Å². The standard InChI is InChI=1S/C9H10O3S.Hg.Na.H/c1-2-11-9(10)7-5-3-4-6-8(7)12-13;;;/h3-6,13H,2H2,1H3;;;/q;+1;;/p-1. The number of esters is 1. The van der Waals surface area contributed by atoms with Crippen LogP contribution in [0.5, 0.6) is 5.75 Å². The van der Waals surface area contributed by atoms with Crippen LogP contribution in [0, 0.1) is 0 Å². The van der Waals surface area contributed by atoms with E-state index in [4.69, 9.17) is 8.92 Å². The summed E-state index contributed by atoms with van der Waals surface area (Å²) < 4.78 is 10.2. The number of benzene rings is 1. The Morgan fingerprint density at radius 3 is 2.73 bits per heavy atom. The maximum absolute atomic E-state index is 11.4. The third-order valence-corrected chi connectivity index (χ3v) is 3.20. The van der Waals surface area contributed by atoms with E-state index in [2.05, 4.69) is 0 Å². The Bertz CT molecular complexity index is 322. The Hall–Kier alpha value is 0.775. The zero-order valence-electron chi connectivity index (χ0n) is 7.86. The van der Waals surface area contributed by atoms with Crippen LogP contribution in [0.2, 0.25) is 0 Å². The zero-order chi connectivity index (χ0) is 10.4. The van der Waals surface area contributed by atoms with E-state index in [1.165, 1.54) is 8.52 Å². The fraction of sp³-hybridized carbons (Fsp3) is 0.222. The van der Waals surface area contributed by atoms with Gasteiger partial charge < -0.3 is 0 Å². The van der Waals surface area contributed by atoms with E-state index < -0.39 is 0 Å². The van der Waals surface area contributed by atoms with Crippen LogP contribution in [0.15, 0.2) is 24.3 Å². The molecule has 0 spiro atoms. The number of hydrogen-bond donors (Lipinski definition) is 0. The summed E-state index contributed by atoms with van der Waals surface area (Å²) in [6.07, 6.45) is 0. The Balaban J connectivity index is 0.00000196. The summed E-state index contributed by atoms with van der Waals surface area (Å²) in [5.41, 5.74) is 0.493. The van der Waals surface area contributed by atoms with E-state index in [0.29, 0.717) is 42.5 Å². The van der Waals surface area contributed by atoms with Gasteiger partial charge in [0.05, 0.1) is 0 Å². The molecule has 3 nitrogen and oxygen atoms in total. The number of para-hydroxylation sites is 1. The van der Waals surface area contributed by atoms with Gasteiger partial charge in [-0.2, -0.15) is 0 Å². The molecule has 1 aromatic carbocycles. The topological polar surface area (TPSA) is 35.5 Å². The van der Waals surface area contributed by atoms with Crippen LogP contribution in [0.4, 0.5) is 0 Å². The Morgan fingerprint density at radius 1 is 1.47 bits per heavy atom. The Morgan fingerprint density at radius 2 is 2.13 bits per heavy atom. The van der Waals surface area contributed by atoms with Crippen molar-refractivity contribution in [3.05, 3.63) is 29.8 Å². The average molecular weight is 422 g/mol. The fourth-order valence-electron chi connectivity index (χ4n) is 0.980. The molecule has 0 aliphatic heterocycles. The molecule has 6 heteroatoms. The maximum atomic E-state index is 11.4. The molecule has 0 aromatic heterocycles. The molecule has 0 aliphatic rings. The van der Waals surface area contributed by atoms with Gasteiger partial charge in [-0.1, -0.05) is 0 Å². The molecule has 0 fully saturated rings. The molecular formula is C9H10HgNaO3S. The van der Waals surface area contributed by atoms with Gasteiger partial charge in [0.15, 0.2) is 0 Å². The molecule has 0 N–H and O–H groups in total. The van der Waals surface area contributed by atoms with Crippen molar-refractivity contribution in [3.8, 4) is 5.75 Å². The fourth-order valence-corrected chi connectivity index (χ4v) is 2.73. The van der Waals surface area contributed by atoms with Gasteiger partial charge in [-0.15, -0.1) is 0 Å². The molecule has 0 unspecified atom stereocenters. The van der Waals surface area contributed by atoms with Crippen molar-refractivity contribution in [2.75, 3.05) is 6.61 Å². The quantitative estimate of drug-likeness (QED) is 0.421. The summed E-state index contributed by atoms with van der Waals surface area (Å²) >= 11 is 0.490. The van der Waals surface area contributed by atoms with Crippen LogP contribution in [0.1, 0.15) is 17.3 Å². The summed E-state index contributed by atoms with van der Waals surface area (Å²) in [4.78, 5) is 11.4. The first-order valence-electron chi connectivity index (χ1n) is 4.14. The summed E-state index contributed by atoms with van der Waals surface area (Å²) in [5, 5.41) is 0. The van der Waals surface area contributed by atoms with E-state index in [1.807, 2.05) is 6.07 Å². The first-order valence-corrected chi connectivity index (χ1v) is 11.8. The molecule has 1 aromatic rings. The van der Waals surface area contributed by atoms with Crippen molar-refractivity contribution in [3.63, 3.8) is 0 Å². The zero-order valence-corrected chi connectivity index (χ0v) is 14.2. The second-order valence-corrected chi connectivity index (χ2v) is 5.57. The van der Waals surface area contributed by atoms with Crippen LogP contribution in [-0.4, -0.2) is 42.1 Å². The minimum absolute atomic E-state index is 0. The number of ether oxygens (including phenoxy) is 1. The molecule has 0 bridgehead atoms. The van der Waals surface area contributed by atoms with E-state index in [0.717, 1.165) is 0 Å². The van der Waals surface area contributed by atoms with Crippen LogP contribution >= 0.6 is 8.52 Å². The Kier molecular flexibility index (Phi) is 9.33. The molecule has 0 amide bonds. The number of rotatable bonds is 4. The number of carbonyl (C=O) groups is 1. The predicted molar refractivity (Wildman–Crippen MR) is 57.8 cm³/mol. The second-order valence-electron chi connectivity index (χ2n) is 2.42. The third-order valence-electron chi connectivity index (χ3n) is 1.53. The minimum atomic E-state index is -0.328. The summed E-state index contributed by atoms with van der Waals surface area (Å²) in [6.45, 7) is 2.16. The molecule has 15 heavy (non-hydrogen) atoms. The van der Waals surface area contributed by atoms with Gasteiger partial charge in [0.25, 0.3) is 0 Å². The van der Waals surface area contributed by atoms with E-state index in [1.54, 1.807) is 25.1 Å². The van der Waals surface area contributed by atoms with Crippen LogP contribution in [0.3, 0.4) is 0 Å². The van der Waals surface area contributed by atoms with Crippen molar-refractivity contribution >= 4 is 44.0 Å². The normalized spacial score (nSPS) is 9.00. The third kappa shape index (κ3) is 5.09. The van der Waals surface area contributed by atoms with Gasteiger partial charge >= 0.3 is 131 Å². The first-order chi connectivity index (χ1) is 6.79. The summed E-state index contributed by atoms with van der Waals surface area (Å²) in [5.74, 6) is 0.261. The van der Waals surface area contributed by atoms with Crippen LogP contribution < -0.4 is 4.18 Å². The van der Waals surface area contributed by atoms with Gasteiger partial charge in [0.1, 0.15) is 0 Å². The molecule has 0 saturated heterocycles. The van der Waals surface area contributed by atoms with E-state index in [9.17, 15) is 4.79 Å². The van der Waals surface area contributed by atoms with Gasteiger partial charge in [0, 0.05) is 0 Å². The van der Waals surface area contributed by atoms with Crippen molar-refractivity contribution in [1.82, 2.24) is 0 Å².